The summed E-state index contributed by atoms with van der Waals surface area (Å²) in [5.74, 6) is -1.70. The Kier molecular flexibility index (Phi) is 4.65. The van der Waals surface area contributed by atoms with Crippen LogP contribution in [0.3, 0.4) is 0 Å². The van der Waals surface area contributed by atoms with Gasteiger partial charge in [-0.15, -0.1) is 0 Å². The number of carboxylic acids is 1. The summed E-state index contributed by atoms with van der Waals surface area (Å²) in [6.45, 7) is 3.39. The van der Waals surface area contributed by atoms with E-state index in [1.807, 2.05) is 0 Å². The molecule has 0 spiro atoms. The molecular weight excluding hydrogens is 239 g/mol. The number of amides is 2. The van der Waals surface area contributed by atoms with Crippen LogP contribution in [0.1, 0.15) is 18.9 Å². The summed E-state index contributed by atoms with van der Waals surface area (Å²) < 4.78 is 13.3. The first-order chi connectivity index (χ1) is 8.43. The van der Waals surface area contributed by atoms with Crippen molar-refractivity contribution in [1.82, 2.24) is 5.32 Å². The standard InChI is InChI=1S/C12H15FN2O3/c1-3-9(11(16)17)14-12(18)15-10-6-7(2)4-5-8(10)13/h4-6,9H,3H2,1-2H3,(H,16,17)(H2,14,15,18)/t9-/m0/s1. The number of carbonyl (C=O) groups excluding carboxylic acids is 1. The molecule has 0 aliphatic carbocycles. The summed E-state index contributed by atoms with van der Waals surface area (Å²) in [6, 6.07) is 2.55. The van der Waals surface area contributed by atoms with Gasteiger partial charge in [0.25, 0.3) is 0 Å². The van der Waals surface area contributed by atoms with E-state index in [-0.39, 0.29) is 12.1 Å². The van der Waals surface area contributed by atoms with Gasteiger partial charge in [-0.05, 0) is 31.0 Å². The van der Waals surface area contributed by atoms with E-state index in [0.29, 0.717) is 0 Å². The fraction of sp³-hybridized carbons (Fsp3) is 0.333. The molecule has 0 radical (unpaired) electrons. The normalized spacial score (nSPS) is 11.7. The van der Waals surface area contributed by atoms with E-state index in [0.717, 1.165) is 5.56 Å². The van der Waals surface area contributed by atoms with Crippen LogP contribution in [0, 0.1) is 12.7 Å². The van der Waals surface area contributed by atoms with Gasteiger partial charge >= 0.3 is 12.0 Å². The molecule has 0 saturated heterocycles. The zero-order chi connectivity index (χ0) is 13.7. The Morgan fingerprint density at radius 3 is 2.67 bits per heavy atom. The molecule has 3 N–H and O–H groups in total. The van der Waals surface area contributed by atoms with Gasteiger partial charge in [-0.2, -0.15) is 0 Å². The Balaban J connectivity index is 2.70. The van der Waals surface area contributed by atoms with Gasteiger partial charge in [-0.25, -0.2) is 14.0 Å². The van der Waals surface area contributed by atoms with Crippen LogP contribution in [0.25, 0.3) is 0 Å². The van der Waals surface area contributed by atoms with Crippen molar-refractivity contribution in [3.63, 3.8) is 0 Å². The molecule has 0 aliphatic heterocycles. The molecule has 5 nitrogen and oxygen atoms in total. The predicted molar refractivity (Wildman–Crippen MR) is 65.0 cm³/mol. The molecule has 2 amide bonds. The van der Waals surface area contributed by atoms with Crippen molar-refractivity contribution < 1.29 is 19.1 Å². The molecule has 1 rings (SSSR count). The van der Waals surface area contributed by atoms with Crippen molar-refractivity contribution in [1.29, 1.82) is 0 Å². The molecule has 6 heteroatoms. The molecule has 1 atom stereocenters. The van der Waals surface area contributed by atoms with Crippen molar-refractivity contribution in [3.8, 4) is 0 Å². The number of anilines is 1. The highest BCUT2D eigenvalue weighted by Crippen LogP contribution is 2.15. The molecule has 18 heavy (non-hydrogen) atoms. The molecule has 0 unspecified atom stereocenters. The Labute approximate surface area is 104 Å². The number of carboxylic acid groups (broad SMARTS) is 1. The maximum atomic E-state index is 13.3. The van der Waals surface area contributed by atoms with Crippen LogP contribution in [0.2, 0.25) is 0 Å². The summed E-state index contributed by atoms with van der Waals surface area (Å²) in [5, 5.41) is 13.3. The lowest BCUT2D eigenvalue weighted by Crippen LogP contribution is -2.42. The predicted octanol–water partition coefficient (Wildman–Crippen LogP) is 2.12. The van der Waals surface area contributed by atoms with Gasteiger partial charge in [0.15, 0.2) is 0 Å². The molecule has 98 valence electrons. The largest absolute Gasteiger partial charge is 0.480 e. The summed E-state index contributed by atoms with van der Waals surface area (Å²) in [6.07, 6.45) is 0.249. The second-order valence-electron chi connectivity index (χ2n) is 3.88. The van der Waals surface area contributed by atoms with Crippen LogP contribution in [-0.4, -0.2) is 23.1 Å². The minimum Gasteiger partial charge on any atom is -0.480 e. The first-order valence-corrected chi connectivity index (χ1v) is 5.50. The third kappa shape index (κ3) is 3.73. The van der Waals surface area contributed by atoms with Gasteiger partial charge in [0.05, 0.1) is 5.69 Å². The van der Waals surface area contributed by atoms with Gasteiger partial charge < -0.3 is 15.7 Å². The minimum absolute atomic E-state index is 0.0211. The molecule has 0 bridgehead atoms. The smallest absolute Gasteiger partial charge is 0.326 e. The first-order valence-electron chi connectivity index (χ1n) is 5.50. The number of hydrogen-bond donors (Lipinski definition) is 3. The van der Waals surface area contributed by atoms with Crippen molar-refractivity contribution in [2.75, 3.05) is 5.32 Å². The van der Waals surface area contributed by atoms with E-state index in [1.165, 1.54) is 12.1 Å². The number of carbonyl (C=O) groups is 2. The number of hydrogen-bond acceptors (Lipinski definition) is 2. The zero-order valence-electron chi connectivity index (χ0n) is 10.2. The molecule has 0 fully saturated rings. The van der Waals surface area contributed by atoms with Crippen molar-refractivity contribution in [2.24, 2.45) is 0 Å². The summed E-state index contributed by atoms with van der Waals surface area (Å²) in [7, 11) is 0. The Morgan fingerprint density at radius 1 is 1.44 bits per heavy atom. The molecule has 0 aliphatic rings. The number of urea groups is 1. The van der Waals surface area contributed by atoms with Crippen LogP contribution in [0.15, 0.2) is 18.2 Å². The monoisotopic (exact) mass is 254 g/mol. The van der Waals surface area contributed by atoms with Gasteiger partial charge in [0.2, 0.25) is 0 Å². The third-order valence-corrected chi connectivity index (χ3v) is 2.38. The highest BCUT2D eigenvalue weighted by molar-refractivity contribution is 5.92. The molecule has 0 saturated carbocycles. The van der Waals surface area contributed by atoms with E-state index in [9.17, 15) is 14.0 Å². The number of benzene rings is 1. The van der Waals surface area contributed by atoms with E-state index < -0.39 is 23.9 Å². The number of nitrogens with one attached hydrogen (secondary N) is 2. The molecule has 0 aromatic heterocycles. The molecule has 0 heterocycles. The Bertz CT molecular complexity index is 463. The summed E-state index contributed by atoms with van der Waals surface area (Å²) in [5.41, 5.74) is 0.810. The Hall–Kier alpha value is -2.11. The molecule has 1 aromatic rings. The van der Waals surface area contributed by atoms with E-state index in [4.69, 9.17) is 5.11 Å². The van der Waals surface area contributed by atoms with Crippen LogP contribution in [-0.2, 0) is 4.79 Å². The van der Waals surface area contributed by atoms with Gasteiger partial charge in [0, 0.05) is 0 Å². The summed E-state index contributed by atoms with van der Waals surface area (Å²) in [4.78, 5) is 22.2. The average Bonchev–Trinajstić information content (AvgIpc) is 2.30. The zero-order valence-corrected chi connectivity index (χ0v) is 10.2. The quantitative estimate of drug-likeness (QED) is 0.770. The fourth-order valence-corrected chi connectivity index (χ4v) is 1.39. The molecular formula is C12H15FN2O3. The highest BCUT2D eigenvalue weighted by Gasteiger charge is 2.18. The Morgan fingerprint density at radius 2 is 2.11 bits per heavy atom. The van der Waals surface area contributed by atoms with Crippen LogP contribution >= 0.6 is 0 Å². The highest BCUT2D eigenvalue weighted by atomic mass is 19.1. The molecule has 1 aromatic carbocycles. The minimum atomic E-state index is -1.13. The van der Waals surface area contributed by atoms with Crippen molar-refractivity contribution in [2.45, 2.75) is 26.3 Å². The first kappa shape index (κ1) is 14.0. The van der Waals surface area contributed by atoms with Gasteiger partial charge in [-0.1, -0.05) is 13.0 Å². The average molecular weight is 254 g/mol. The maximum absolute atomic E-state index is 13.3. The van der Waals surface area contributed by atoms with E-state index >= 15 is 0 Å². The second-order valence-corrected chi connectivity index (χ2v) is 3.88. The number of aliphatic carboxylic acids is 1. The maximum Gasteiger partial charge on any atom is 0.326 e. The van der Waals surface area contributed by atoms with Crippen molar-refractivity contribution in [3.05, 3.63) is 29.6 Å². The SMILES string of the molecule is CC[C@H](NC(=O)Nc1cc(C)ccc1F)C(=O)O. The van der Waals surface area contributed by atoms with Gasteiger partial charge in [0.1, 0.15) is 11.9 Å². The van der Waals surface area contributed by atoms with Crippen LogP contribution in [0.5, 0.6) is 0 Å². The second kappa shape index (κ2) is 6.00. The van der Waals surface area contributed by atoms with E-state index in [1.54, 1.807) is 19.9 Å². The fourth-order valence-electron chi connectivity index (χ4n) is 1.39. The van der Waals surface area contributed by atoms with E-state index in [2.05, 4.69) is 10.6 Å². The lowest BCUT2D eigenvalue weighted by Gasteiger charge is -2.13. The van der Waals surface area contributed by atoms with Crippen LogP contribution < -0.4 is 10.6 Å². The van der Waals surface area contributed by atoms with Gasteiger partial charge in [-0.3, -0.25) is 0 Å². The van der Waals surface area contributed by atoms with Crippen LogP contribution in [0.4, 0.5) is 14.9 Å². The number of aryl methyl sites for hydroxylation is 1. The lowest BCUT2D eigenvalue weighted by atomic mass is 10.2. The topological polar surface area (TPSA) is 78.4 Å². The summed E-state index contributed by atoms with van der Waals surface area (Å²) >= 11 is 0. The number of halogens is 1. The lowest BCUT2D eigenvalue weighted by molar-refractivity contribution is -0.139. The van der Waals surface area contributed by atoms with Crippen molar-refractivity contribution >= 4 is 17.7 Å². The number of rotatable bonds is 4. The third-order valence-electron chi connectivity index (χ3n) is 2.38.